The molecule has 0 spiro atoms. The molecule has 0 bridgehead atoms. The topological polar surface area (TPSA) is 25.2 Å². The smallest absolute Gasteiger partial charge is 0.135 e. The molecule has 0 atom stereocenters. The predicted octanol–water partition coefficient (Wildman–Crippen LogP) is 9.95. The summed E-state index contributed by atoms with van der Waals surface area (Å²) in [5, 5.41) is 7.09. The summed E-state index contributed by atoms with van der Waals surface area (Å²) >= 11 is 0. The Morgan fingerprint density at radius 3 is 1.97 bits per heavy atom. The Balaban J connectivity index is 1.23. The van der Waals surface area contributed by atoms with Crippen molar-refractivity contribution in [1.82, 2.24) is 0 Å². The second-order valence-electron chi connectivity index (χ2n) is 8.81. The lowest BCUT2D eigenvalue weighted by molar-refractivity contribution is 0.603. The minimum absolute atomic E-state index is 0.753. The summed E-state index contributed by atoms with van der Waals surface area (Å²) in [6.45, 7) is 7.78. The largest absolute Gasteiger partial charge is 0.456 e. The van der Waals surface area contributed by atoms with E-state index in [0.717, 1.165) is 44.8 Å². The van der Waals surface area contributed by atoms with Gasteiger partial charge in [0.2, 0.25) is 0 Å². The fourth-order valence-electron chi connectivity index (χ4n) is 4.80. The van der Waals surface area contributed by atoms with Gasteiger partial charge in [-0.1, -0.05) is 92.0 Å². The van der Waals surface area contributed by atoms with Gasteiger partial charge in [0.1, 0.15) is 11.3 Å². The fraction of sp³-hybridized carbons (Fsp3) is 0. The summed E-state index contributed by atoms with van der Waals surface area (Å²) in [4.78, 5) is 0. The molecule has 0 amide bonds. The molecule has 0 aliphatic rings. The van der Waals surface area contributed by atoms with E-state index < -0.39 is 0 Å². The highest BCUT2D eigenvalue weighted by Gasteiger charge is 2.11. The van der Waals surface area contributed by atoms with Crippen LogP contribution >= 0.6 is 0 Å². The molecule has 2 heteroatoms. The molecular formula is C34H25NO. The van der Waals surface area contributed by atoms with Crippen LogP contribution < -0.4 is 5.32 Å². The van der Waals surface area contributed by atoms with Crippen LogP contribution in [0.25, 0.3) is 56.1 Å². The monoisotopic (exact) mass is 463 g/mol. The highest BCUT2D eigenvalue weighted by atomic mass is 16.3. The minimum atomic E-state index is 0.753. The number of hydrogen-bond donors (Lipinski definition) is 1. The standard InChI is InChI=1S/C34H25NO/c1-3-29-32-22-26(16-21-34(32)36-33(29)4-2)23-12-17-27(18-13-23)35-28-19-14-25(15-20-28)31-11-7-9-24-8-5-6-10-30(24)31/h3-22,35H,1-2H2. The zero-order valence-electron chi connectivity index (χ0n) is 19.9. The van der Waals surface area contributed by atoms with Crippen LogP contribution in [0.4, 0.5) is 11.4 Å². The maximum atomic E-state index is 5.87. The zero-order valence-corrected chi connectivity index (χ0v) is 19.9. The number of anilines is 2. The Morgan fingerprint density at radius 1 is 0.583 bits per heavy atom. The van der Waals surface area contributed by atoms with Crippen LogP contribution in [0.5, 0.6) is 0 Å². The van der Waals surface area contributed by atoms with Gasteiger partial charge in [-0.05, 0) is 75.5 Å². The number of benzene rings is 5. The molecule has 0 aliphatic carbocycles. The lowest BCUT2D eigenvalue weighted by atomic mass is 9.98. The van der Waals surface area contributed by atoms with E-state index in [1.807, 2.05) is 12.1 Å². The van der Waals surface area contributed by atoms with Crippen LogP contribution in [0.1, 0.15) is 11.3 Å². The van der Waals surface area contributed by atoms with Crippen molar-refractivity contribution >= 4 is 45.3 Å². The van der Waals surface area contributed by atoms with Crippen LogP contribution in [-0.2, 0) is 0 Å². The molecule has 0 saturated carbocycles. The molecule has 1 aromatic heterocycles. The number of hydrogen-bond acceptors (Lipinski definition) is 2. The second-order valence-corrected chi connectivity index (χ2v) is 8.81. The molecule has 0 unspecified atom stereocenters. The van der Waals surface area contributed by atoms with Crippen molar-refractivity contribution in [3.8, 4) is 22.3 Å². The summed E-state index contributed by atoms with van der Waals surface area (Å²) in [5.41, 5.74) is 8.65. The number of fused-ring (bicyclic) bond motifs is 2. The molecule has 0 fully saturated rings. The molecule has 6 rings (SSSR count). The third-order valence-electron chi connectivity index (χ3n) is 6.64. The third kappa shape index (κ3) is 3.89. The highest BCUT2D eigenvalue weighted by Crippen LogP contribution is 2.33. The molecule has 0 radical (unpaired) electrons. The van der Waals surface area contributed by atoms with Crippen molar-refractivity contribution < 1.29 is 4.42 Å². The first-order chi connectivity index (χ1) is 17.7. The molecule has 36 heavy (non-hydrogen) atoms. The Kier molecular flexibility index (Phi) is 5.48. The second kappa shape index (κ2) is 9.09. The van der Waals surface area contributed by atoms with Gasteiger partial charge in [0.05, 0.1) is 0 Å². The summed E-state index contributed by atoms with van der Waals surface area (Å²) in [6.07, 6.45) is 3.55. The molecule has 5 aromatic carbocycles. The van der Waals surface area contributed by atoms with Gasteiger partial charge < -0.3 is 9.73 Å². The van der Waals surface area contributed by atoms with Crippen molar-refractivity contribution in [2.75, 3.05) is 5.32 Å². The summed E-state index contributed by atoms with van der Waals surface area (Å²) < 4.78 is 5.87. The average molecular weight is 464 g/mol. The molecule has 1 heterocycles. The van der Waals surface area contributed by atoms with E-state index in [2.05, 4.69) is 122 Å². The van der Waals surface area contributed by atoms with Gasteiger partial charge in [-0.15, -0.1) is 0 Å². The highest BCUT2D eigenvalue weighted by molar-refractivity contribution is 5.97. The third-order valence-corrected chi connectivity index (χ3v) is 6.64. The van der Waals surface area contributed by atoms with Gasteiger partial charge in [0.15, 0.2) is 0 Å². The van der Waals surface area contributed by atoms with E-state index in [9.17, 15) is 0 Å². The van der Waals surface area contributed by atoms with Gasteiger partial charge >= 0.3 is 0 Å². The predicted molar refractivity (Wildman–Crippen MR) is 154 cm³/mol. The summed E-state index contributed by atoms with van der Waals surface area (Å²) in [6, 6.07) is 38.3. The van der Waals surface area contributed by atoms with Crippen LogP contribution in [0, 0.1) is 0 Å². The van der Waals surface area contributed by atoms with Crippen molar-refractivity contribution in [2.24, 2.45) is 0 Å². The van der Waals surface area contributed by atoms with Crippen LogP contribution in [0.2, 0.25) is 0 Å². The molecule has 6 aromatic rings. The SMILES string of the molecule is C=Cc1oc2ccc(-c3ccc(Nc4ccc(-c5cccc6ccccc56)cc4)cc3)cc2c1C=C. The first-order valence-corrected chi connectivity index (χ1v) is 12.0. The van der Waals surface area contributed by atoms with Gasteiger partial charge in [-0.2, -0.15) is 0 Å². The quantitative estimate of drug-likeness (QED) is 0.266. The number of rotatable bonds is 6. The van der Waals surface area contributed by atoms with Gasteiger partial charge in [0.25, 0.3) is 0 Å². The molecule has 0 saturated heterocycles. The van der Waals surface area contributed by atoms with Crippen molar-refractivity contribution in [1.29, 1.82) is 0 Å². The maximum absolute atomic E-state index is 5.87. The molecule has 172 valence electrons. The van der Waals surface area contributed by atoms with Crippen LogP contribution in [0.3, 0.4) is 0 Å². The molecule has 0 aliphatic heterocycles. The lowest BCUT2D eigenvalue weighted by Crippen LogP contribution is -1.90. The Bertz CT molecular complexity index is 1720. The van der Waals surface area contributed by atoms with Crippen molar-refractivity contribution in [3.05, 3.63) is 134 Å². The fourth-order valence-corrected chi connectivity index (χ4v) is 4.80. The number of nitrogens with one attached hydrogen (secondary N) is 1. The lowest BCUT2D eigenvalue weighted by Gasteiger charge is -2.10. The van der Waals surface area contributed by atoms with E-state index in [1.54, 1.807) is 6.08 Å². The first kappa shape index (κ1) is 21.7. The van der Waals surface area contributed by atoms with Gasteiger partial charge in [0, 0.05) is 22.3 Å². The average Bonchev–Trinajstić information content (AvgIpc) is 3.30. The Hall–Kier alpha value is -4.82. The normalized spacial score (nSPS) is 11.0. The molecule has 2 nitrogen and oxygen atoms in total. The van der Waals surface area contributed by atoms with Crippen molar-refractivity contribution in [3.63, 3.8) is 0 Å². The summed E-state index contributed by atoms with van der Waals surface area (Å²) in [5.74, 6) is 0.753. The van der Waals surface area contributed by atoms with E-state index in [0.29, 0.717) is 0 Å². The van der Waals surface area contributed by atoms with Crippen LogP contribution in [-0.4, -0.2) is 0 Å². The van der Waals surface area contributed by atoms with E-state index in [-0.39, 0.29) is 0 Å². The molecule has 1 N–H and O–H groups in total. The van der Waals surface area contributed by atoms with E-state index in [1.165, 1.54) is 21.9 Å². The van der Waals surface area contributed by atoms with Gasteiger partial charge in [-0.3, -0.25) is 0 Å². The van der Waals surface area contributed by atoms with Crippen molar-refractivity contribution in [2.45, 2.75) is 0 Å². The minimum Gasteiger partial charge on any atom is -0.456 e. The zero-order chi connectivity index (χ0) is 24.5. The Morgan fingerprint density at radius 2 is 1.25 bits per heavy atom. The maximum Gasteiger partial charge on any atom is 0.135 e. The first-order valence-electron chi connectivity index (χ1n) is 12.0. The number of furan rings is 1. The van der Waals surface area contributed by atoms with E-state index >= 15 is 0 Å². The molecular weight excluding hydrogens is 438 g/mol. The van der Waals surface area contributed by atoms with E-state index in [4.69, 9.17) is 4.42 Å². The summed E-state index contributed by atoms with van der Waals surface area (Å²) in [7, 11) is 0. The Labute approximate surface area is 210 Å². The van der Waals surface area contributed by atoms with Gasteiger partial charge in [-0.25, -0.2) is 0 Å². The van der Waals surface area contributed by atoms with Crippen LogP contribution in [0.15, 0.2) is 127 Å².